The van der Waals surface area contributed by atoms with Crippen LogP contribution in [0.5, 0.6) is 0 Å². The standard InChI is InChI=1S/C26H39N7O4/c1-15(2)20-12-27-33-21(20)28-16(3)29-22(33)30-17-10-18-8-9-19(11-17)32(18)24(35)37-26(7)13-31(14-26)23(34)36-25(4,5)6/h12,15,17-19H,8-11,13-14H2,1-7H3,(H,28,29,30). The molecule has 2 aromatic heterocycles. The first-order chi connectivity index (χ1) is 17.3. The predicted molar refractivity (Wildman–Crippen MR) is 138 cm³/mol. The number of aromatic nitrogens is 4. The third-order valence-electron chi connectivity index (χ3n) is 7.44. The number of nitrogens with one attached hydrogen (secondary N) is 1. The fourth-order valence-corrected chi connectivity index (χ4v) is 5.82. The van der Waals surface area contributed by atoms with Gasteiger partial charge in [0, 0.05) is 23.7 Å². The van der Waals surface area contributed by atoms with Crippen LogP contribution >= 0.6 is 0 Å². The lowest BCUT2D eigenvalue weighted by atomic mass is 9.96. The number of nitrogens with zero attached hydrogens (tertiary/aromatic N) is 6. The summed E-state index contributed by atoms with van der Waals surface area (Å²) in [6, 6.07) is 0.390. The first-order valence-electron chi connectivity index (χ1n) is 13.3. The van der Waals surface area contributed by atoms with Crippen LogP contribution in [-0.2, 0) is 9.47 Å². The highest BCUT2D eigenvalue weighted by Crippen LogP contribution is 2.38. The zero-order chi connectivity index (χ0) is 26.7. The number of anilines is 1. The van der Waals surface area contributed by atoms with Crippen molar-refractivity contribution in [3.05, 3.63) is 17.6 Å². The average Bonchev–Trinajstić information content (AvgIpc) is 3.29. The molecular weight excluding hydrogens is 474 g/mol. The molecule has 3 aliphatic rings. The van der Waals surface area contributed by atoms with E-state index in [4.69, 9.17) is 9.47 Å². The first-order valence-corrected chi connectivity index (χ1v) is 13.3. The van der Waals surface area contributed by atoms with Crippen molar-refractivity contribution >= 4 is 23.8 Å². The number of fused-ring (bicyclic) bond motifs is 3. The Hall–Kier alpha value is -3.11. The van der Waals surface area contributed by atoms with Crippen LogP contribution in [0, 0.1) is 6.92 Å². The molecule has 11 nitrogen and oxygen atoms in total. The quantitative estimate of drug-likeness (QED) is 0.650. The smallest absolute Gasteiger partial charge is 0.410 e. The van der Waals surface area contributed by atoms with Crippen molar-refractivity contribution in [2.45, 2.75) is 109 Å². The summed E-state index contributed by atoms with van der Waals surface area (Å²) < 4.78 is 13.2. The van der Waals surface area contributed by atoms with Crippen molar-refractivity contribution in [3.8, 4) is 0 Å². The van der Waals surface area contributed by atoms with Crippen LogP contribution in [0.25, 0.3) is 5.65 Å². The molecule has 0 radical (unpaired) electrons. The summed E-state index contributed by atoms with van der Waals surface area (Å²) in [7, 11) is 0. The number of aryl methyl sites for hydroxylation is 1. The topological polar surface area (TPSA) is 114 Å². The van der Waals surface area contributed by atoms with E-state index in [9.17, 15) is 9.59 Å². The molecule has 0 spiro atoms. The van der Waals surface area contributed by atoms with Crippen molar-refractivity contribution in [3.63, 3.8) is 0 Å². The molecular formula is C26H39N7O4. The van der Waals surface area contributed by atoms with E-state index < -0.39 is 11.2 Å². The Morgan fingerprint density at radius 1 is 1.11 bits per heavy atom. The molecule has 2 atom stereocenters. The van der Waals surface area contributed by atoms with E-state index in [1.807, 2.05) is 45.7 Å². The van der Waals surface area contributed by atoms with Gasteiger partial charge in [-0.05, 0) is 66.2 Å². The van der Waals surface area contributed by atoms with Crippen LogP contribution in [0.3, 0.4) is 0 Å². The lowest BCUT2D eigenvalue weighted by molar-refractivity contribution is -0.103. The van der Waals surface area contributed by atoms with Crippen LogP contribution in [-0.4, -0.2) is 84.0 Å². The summed E-state index contributed by atoms with van der Waals surface area (Å²) in [5.74, 6) is 1.72. The number of rotatable bonds is 4. The highest BCUT2D eigenvalue weighted by Gasteiger charge is 2.50. The number of likely N-dealkylation sites (tertiary alicyclic amines) is 1. The van der Waals surface area contributed by atoms with Crippen molar-refractivity contribution < 1.29 is 19.1 Å². The van der Waals surface area contributed by atoms with E-state index in [0.717, 1.165) is 36.9 Å². The Morgan fingerprint density at radius 2 is 1.76 bits per heavy atom. The molecule has 37 heavy (non-hydrogen) atoms. The van der Waals surface area contributed by atoms with Gasteiger partial charge in [-0.1, -0.05) is 13.8 Å². The minimum atomic E-state index is -0.694. The second kappa shape index (κ2) is 9.02. The Balaban J connectivity index is 1.21. The Bertz CT molecular complexity index is 1180. The second-order valence-electron chi connectivity index (χ2n) is 12.3. The van der Waals surface area contributed by atoms with Gasteiger partial charge >= 0.3 is 12.2 Å². The molecule has 3 saturated heterocycles. The zero-order valence-electron chi connectivity index (χ0n) is 22.9. The van der Waals surface area contributed by atoms with E-state index in [2.05, 4.69) is 34.2 Å². The number of carbonyl (C=O) groups excluding carboxylic acids is 2. The highest BCUT2D eigenvalue weighted by atomic mass is 16.6. The minimum absolute atomic E-state index is 0.108. The van der Waals surface area contributed by atoms with Crippen molar-refractivity contribution in [2.75, 3.05) is 18.4 Å². The van der Waals surface area contributed by atoms with Crippen LogP contribution in [0.1, 0.15) is 84.5 Å². The molecule has 0 aliphatic carbocycles. The van der Waals surface area contributed by atoms with Gasteiger partial charge in [0.25, 0.3) is 0 Å². The van der Waals surface area contributed by atoms with Crippen molar-refractivity contribution in [1.82, 2.24) is 29.4 Å². The molecule has 5 heterocycles. The van der Waals surface area contributed by atoms with Crippen molar-refractivity contribution in [1.29, 1.82) is 0 Å². The maximum atomic E-state index is 13.2. The highest BCUT2D eigenvalue weighted by molar-refractivity contribution is 5.72. The number of hydrogen-bond donors (Lipinski definition) is 1. The predicted octanol–water partition coefficient (Wildman–Crippen LogP) is 4.11. The lowest BCUT2D eigenvalue weighted by Crippen LogP contribution is -2.65. The summed E-state index contributed by atoms with van der Waals surface area (Å²) in [4.78, 5) is 38.3. The van der Waals surface area contributed by atoms with Gasteiger partial charge in [0.05, 0.1) is 19.3 Å². The molecule has 2 bridgehead atoms. The Kier molecular flexibility index (Phi) is 6.23. The number of piperidine rings is 1. The summed E-state index contributed by atoms with van der Waals surface area (Å²) in [5, 5.41) is 8.14. The van der Waals surface area contributed by atoms with Crippen LogP contribution in [0.15, 0.2) is 6.20 Å². The monoisotopic (exact) mass is 513 g/mol. The van der Waals surface area contributed by atoms with Gasteiger partial charge in [0.15, 0.2) is 5.65 Å². The minimum Gasteiger partial charge on any atom is -0.444 e. The molecule has 3 aliphatic heterocycles. The van der Waals surface area contributed by atoms with Crippen LogP contribution < -0.4 is 5.32 Å². The number of hydrogen-bond acceptors (Lipinski definition) is 8. The summed E-state index contributed by atoms with van der Waals surface area (Å²) >= 11 is 0. The fourth-order valence-electron chi connectivity index (χ4n) is 5.82. The average molecular weight is 514 g/mol. The molecule has 2 amide bonds. The van der Waals surface area contributed by atoms with E-state index in [1.165, 1.54) is 0 Å². The van der Waals surface area contributed by atoms with Crippen molar-refractivity contribution in [2.24, 2.45) is 0 Å². The third-order valence-corrected chi connectivity index (χ3v) is 7.44. The van der Waals surface area contributed by atoms with E-state index >= 15 is 0 Å². The van der Waals surface area contributed by atoms with Gasteiger partial charge in [-0.3, -0.25) is 0 Å². The normalized spacial score (nSPS) is 24.8. The van der Waals surface area contributed by atoms with Gasteiger partial charge in [-0.15, -0.1) is 0 Å². The molecule has 202 valence electrons. The van der Waals surface area contributed by atoms with E-state index in [-0.39, 0.29) is 30.3 Å². The lowest BCUT2D eigenvalue weighted by Gasteiger charge is -2.48. The summed E-state index contributed by atoms with van der Waals surface area (Å²) in [6.07, 6.45) is 4.74. The van der Waals surface area contributed by atoms with Gasteiger partial charge < -0.3 is 24.6 Å². The number of ether oxygens (including phenoxy) is 2. The third kappa shape index (κ3) is 5.04. The maximum absolute atomic E-state index is 13.2. The molecule has 3 fully saturated rings. The summed E-state index contributed by atoms with van der Waals surface area (Å²) in [5.41, 5.74) is 0.687. The maximum Gasteiger partial charge on any atom is 0.410 e. The second-order valence-corrected chi connectivity index (χ2v) is 12.3. The molecule has 2 aromatic rings. The van der Waals surface area contributed by atoms with E-state index in [0.29, 0.717) is 30.8 Å². The molecule has 0 aromatic carbocycles. The SMILES string of the molecule is Cc1nc(NC2CC3CCC(C2)N3C(=O)OC2(C)CN(C(=O)OC(C)(C)C)C2)n2ncc(C(C)C)c2n1. The summed E-state index contributed by atoms with van der Waals surface area (Å²) in [6.45, 7) is 14.2. The molecule has 11 heteroatoms. The molecule has 0 saturated carbocycles. The first kappa shape index (κ1) is 25.5. The van der Waals surface area contributed by atoms with Gasteiger partial charge in [-0.25, -0.2) is 14.6 Å². The Morgan fingerprint density at radius 3 is 2.35 bits per heavy atom. The van der Waals surface area contributed by atoms with Crippen LogP contribution in [0.4, 0.5) is 15.5 Å². The largest absolute Gasteiger partial charge is 0.444 e. The Labute approximate surface area is 217 Å². The van der Waals surface area contributed by atoms with E-state index in [1.54, 1.807) is 9.42 Å². The number of carbonyl (C=O) groups is 2. The zero-order valence-corrected chi connectivity index (χ0v) is 22.9. The van der Waals surface area contributed by atoms with Gasteiger partial charge in [0.1, 0.15) is 17.0 Å². The number of amides is 2. The molecule has 5 rings (SSSR count). The van der Waals surface area contributed by atoms with Crippen LogP contribution in [0.2, 0.25) is 0 Å². The fraction of sp³-hybridized carbons (Fsp3) is 0.731. The molecule has 2 unspecified atom stereocenters. The van der Waals surface area contributed by atoms with Gasteiger partial charge in [-0.2, -0.15) is 14.6 Å². The van der Waals surface area contributed by atoms with Gasteiger partial charge in [0.2, 0.25) is 5.95 Å². The molecule has 1 N–H and O–H groups in total.